The normalized spacial score (nSPS) is 11.4. The van der Waals surface area contributed by atoms with Crippen molar-refractivity contribution in [2.24, 2.45) is 0 Å². The fourth-order valence-electron chi connectivity index (χ4n) is 2.08. The van der Waals surface area contributed by atoms with Gasteiger partial charge in [-0.05, 0) is 30.7 Å². The maximum absolute atomic E-state index is 11.1. The first-order valence-electron chi connectivity index (χ1n) is 5.99. The van der Waals surface area contributed by atoms with Crippen LogP contribution in [-0.4, -0.2) is 11.1 Å². The van der Waals surface area contributed by atoms with Gasteiger partial charge in [-0.3, -0.25) is 0 Å². The molecule has 0 fully saturated rings. The average Bonchev–Trinajstić information content (AvgIpc) is 2.41. The molecule has 0 aromatic heterocycles. The molecule has 17 heavy (non-hydrogen) atoms. The molecule has 0 bridgehead atoms. The molecule has 0 heterocycles. The van der Waals surface area contributed by atoms with Crippen LogP contribution in [0.2, 0.25) is 0 Å². The molecule has 88 valence electrons. The van der Waals surface area contributed by atoms with Crippen LogP contribution in [0.25, 0.3) is 0 Å². The lowest BCUT2D eigenvalue weighted by atomic mass is 10.4. The summed E-state index contributed by atoms with van der Waals surface area (Å²) in [5, 5.41) is 2.15. The van der Waals surface area contributed by atoms with E-state index in [4.69, 9.17) is 0 Å². The first kappa shape index (κ1) is 12.3. The van der Waals surface area contributed by atoms with Gasteiger partial charge in [-0.2, -0.15) is 0 Å². The molecule has 0 unspecified atom stereocenters. The molecule has 0 aliphatic rings. The second-order valence-electron chi connectivity index (χ2n) is 4.16. The van der Waals surface area contributed by atoms with Gasteiger partial charge in [-0.25, -0.2) is 4.89 Å². The summed E-state index contributed by atoms with van der Waals surface area (Å²) in [6.07, 6.45) is 1.84. The van der Waals surface area contributed by atoms with Crippen molar-refractivity contribution >= 4 is 18.1 Å². The minimum atomic E-state index is -2.17. The summed E-state index contributed by atoms with van der Waals surface area (Å²) in [5.74, 6) is 0. The molecular formula is C15H18OP+. The van der Waals surface area contributed by atoms with Crippen LogP contribution in [0.1, 0.15) is 13.3 Å². The first-order chi connectivity index (χ1) is 8.27. The zero-order chi connectivity index (χ0) is 12.1. The van der Waals surface area contributed by atoms with Gasteiger partial charge in [-0.1, -0.05) is 43.3 Å². The quantitative estimate of drug-likeness (QED) is 0.821. The van der Waals surface area contributed by atoms with Gasteiger partial charge in [0.25, 0.3) is 0 Å². The van der Waals surface area contributed by atoms with E-state index in [1.54, 1.807) is 0 Å². The predicted octanol–water partition coefficient (Wildman–Crippen LogP) is 2.97. The van der Waals surface area contributed by atoms with Gasteiger partial charge >= 0.3 is 0 Å². The van der Waals surface area contributed by atoms with Crippen LogP contribution in [0.3, 0.4) is 0 Å². The number of benzene rings is 2. The van der Waals surface area contributed by atoms with E-state index in [9.17, 15) is 4.89 Å². The Morgan fingerprint density at radius 2 is 1.24 bits per heavy atom. The van der Waals surface area contributed by atoms with Gasteiger partial charge in [0.15, 0.2) is 0 Å². The highest BCUT2D eigenvalue weighted by molar-refractivity contribution is 7.84. The van der Waals surface area contributed by atoms with Crippen molar-refractivity contribution in [3.05, 3.63) is 60.7 Å². The minimum Gasteiger partial charge on any atom is -0.241 e. The maximum atomic E-state index is 11.1. The lowest BCUT2D eigenvalue weighted by molar-refractivity contribution is 0.620. The van der Waals surface area contributed by atoms with Gasteiger partial charge in [0.2, 0.25) is 7.49 Å². The second kappa shape index (κ2) is 5.44. The second-order valence-corrected chi connectivity index (χ2v) is 7.18. The fraction of sp³-hybridized carbons (Fsp3) is 0.200. The van der Waals surface area contributed by atoms with E-state index in [0.29, 0.717) is 0 Å². The largest absolute Gasteiger partial charge is 0.241 e. The van der Waals surface area contributed by atoms with Crippen LogP contribution in [0, 0.1) is 0 Å². The molecule has 2 aromatic carbocycles. The highest BCUT2D eigenvalue weighted by Crippen LogP contribution is 2.52. The molecule has 0 radical (unpaired) electrons. The third-order valence-corrected chi connectivity index (χ3v) is 6.31. The van der Waals surface area contributed by atoms with Crippen LogP contribution in [0.4, 0.5) is 0 Å². The van der Waals surface area contributed by atoms with Gasteiger partial charge in [0.05, 0.1) is 6.16 Å². The zero-order valence-corrected chi connectivity index (χ0v) is 11.0. The van der Waals surface area contributed by atoms with Gasteiger partial charge in [0, 0.05) is 0 Å². The molecule has 0 saturated heterocycles. The molecule has 0 atom stereocenters. The van der Waals surface area contributed by atoms with E-state index < -0.39 is 7.49 Å². The van der Waals surface area contributed by atoms with E-state index in [0.717, 1.165) is 23.2 Å². The van der Waals surface area contributed by atoms with Crippen LogP contribution in [-0.2, 0) is 0 Å². The summed E-state index contributed by atoms with van der Waals surface area (Å²) in [6, 6.07) is 20.1. The highest BCUT2D eigenvalue weighted by Gasteiger charge is 2.39. The molecule has 0 spiro atoms. The van der Waals surface area contributed by atoms with Gasteiger partial charge in [0.1, 0.15) is 10.6 Å². The van der Waals surface area contributed by atoms with Crippen molar-refractivity contribution in [2.75, 3.05) is 6.16 Å². The van der Waals surface area contributed by atoms with Crippen molar-refractivity contribution in [3.63, 3.8) is 0 Å². The van der Waals surface area contributed by atoms with E-state index >= 15 is 0 Å². The summed E-state index contributed by atoms with van der Waals surface area (Å²) >= 11 is 0. The summed E-state index contributed by atoms with van der Waals surface area (Å²) in [7, 11) is -2.17. The van der Waals surface area contributed by atoms with Crippen molar-refractivity contribution in [1.29, 1.82) is 0 Å². The van der Waals surface area contributed by atoms with E-state index in [1.807, 2.05) is 60.7 Å². The lowest BCUT2D eigenvalue weighted by Gasteiger charge is -2.19. The lowest BCUT2D eigenvalue weighted by Crippen LogP contribution is -2.24. The number of hydrogen-bond acceptors (Lipinski definition) is 1. The Labute approximate surface area is 104 Å². The van der Waals surface area contributed by atoms with Crippen LogP contribution >= 0.6 is 7.49 Å². The molecular weight excluding hydrogens is 227 g/mol. The van der Waals surface area contributed by atoms with Gasteiger partial charge < -0.3 is 0 Å². The number of hydrogen-bond donors (Lipinski definition) is 1. The molecule has 1 N–H and O–H groups in total. The standard InChI is InChI=1S/C15H18OP/c1-2-13-17(16,14-9-5-3-6-10-14)15-11-7-4-8-12-15/h3-12,16H,2,13H2,1H3/q+1. The van der Waals surface area contributed by atoms with Crippen LogP contribution in [0.5, 0.6) is 0 Å². The van der Waals surface area contributed by atoms with Crippen LogP contribution in [0.15, 0.2) is 60.7 Å². The van der Waals surface area contributed by atoms with Crippen molar-refractivity contribution in [2.45, 2.75) is 13.3 Å². The SMILES string of the molecule is CCC[P+](O)(c1ccccc1)c1ccccc1. The molecule has 2 heteroatoms. The first-order valence-corrected chi connectivity index (χ1v) is 7.92. The Hall–Kier alpha value is -1.17. The molecule has 0 amide bonds. The molecule has 0 aliphatic heterocycles. The van der Waals surface area contributed by atoms with E-state index in [-0.39, 0.29) is 0 Å². The highest BCUT2D eigenvalue weighted by atomic mass is 31.2. The topological polar surface area (TPSA) is 20.2 Å². The van der Waals surface area contributed by atoms with Crippen molar-refractivity contribution in [3.8, 4) is 0 Å². The summed E-state index contributed by atoms with van der Waals surface area (Å²) in [5.41, 5.74) is 0. The van der Waals surface area contributed by atoms with Crippen LogP contribution < -0.4 is 10.6 Å². The maximum Gasteiger partial charge on any atom is 0.206 e. The predicted molar refractivity (Wildman–Crippen MR) is 76.4 cm³/mol. The summed E-state index contributed by atoms with van der Waals surface area (Å²) in [6.45, 7) is 2.12. The zero-order valence-electron chi connectivity index (χ0n) is 10.1. The summed E-state index contributed by atoms with van der Waals surface area (Å²) in [4.78, 5) is 11.1. The molecule has 2 rings (SSSR count). The Kier molecular flexibility index (Phi) is 3.93. The molecule has 0 saturated carbocycles. The van der Waals surface area contributed by atoms with Gasteiger partial charge in [-0.15, -0.1) is 0 Å². The third-order valence-electron chi connectivity index (χ3n) is 2.91. The number of rotatable bonds is 4. The van der Waals surface area contributed by atoms with Crippen molar-refractivity contribution < 1.29 is 4.89 Å². The monoisotopic (exact) mass is 245 g/mol. The third kappa shape index (κ3) is 2.57. The Bertz CT molecular complexity index is 413. The average molecular weight is 245 g/mol. The van der Waals surface area contributed by atoms with E-state index in [1.165, 1.54) is 0 Å². The minimum absolute atomic E-state index is 0.848. The fourth-order valence-corrected chi connectivity index (χ4v) is 4.87. The summed E-state index contributed by atoms with van der Waals surface area (Å²) < 4.78 is 0. The smallest absolute Gasteiger partial charge is 0.206 e. The Morgan fingerprint density at radius 3 is 1.59 bits per heavy atom. The molecule has 0 aliphatic carbocycles. The Morgan fingerprint density at radius 1 is 0.824 bits per heavy atom. The molecule has 1 nitrogen and oxygen atoms in total. The van der Waals surface area contributed by atoms with Crippen molar-refractivity contribution in [1.82, 2.24) is 0 Å². The van der Waals surface area contributed by atoms with E-state index in [2.05, 4.69) is 6.92 Å². The molecule has 2 aromatic rings. The Balaban J connectivity index is 2.47.